The molecule has 12 heavy (non-hydrogen) atoms. The minimum absolute atomic E-state index is 0.368. The number of thiophene rings is 1. The molecule has 2 heteroatoms. The maximum absolute atomic E-state index is 5.65. The van der Waals surface area contributed by atoms with E-state index in [1.54, 1.807) is 11.3 Å². The Morgan fingerprint density at radius 1 is 1.50 bits per heavy atom. The van der Waals surface area contributed by atoms with Gasteiger partial charge in [-0.1, -0.05) is 6.42 Å². The van der Waals surface area contributed by atoms with E-state index in [0.717, 1.165) is 6.42 Å². The Hall–Kier alpha value is -0.340. The SMILES string of the molecule is C[C@H](N)CCCCc1ccsc1. The van der Waals surface area contributed by atoms with Gasteiger partial charge in [0.05, 0.1) is 0 Å². The van der Waals surface area contributed by atoms with Gasteiger partial charge < -0.3 is 5.73 Å². The lowest BCUT2D eigenvalue weighted by Crippen LogP contribution is -2.13. The van der Waals surface area contributed by atoms with Crippen LogP contribution in [-0.4, -0.2) is 6.04 Å². The molecule has 0 spiro atoms. The van der Waals surface area contributed by atoms with Crippen molar-refractivity contribution < 1.29 is 0 Å². The third kappa shape index (κ3) is 3.88. The monoisotopic (exact) mass is 183 g/mol. The van der Waals surface area contributed by atoms with Crippen LogP contribution in [0.1, 0.15) is 31.7 Å². The summed E-state index contributed by atoms with van der Waals surface area (Å²) in [6.07, 6.45) is 4.91. The Balaban J connectivity index is 2.04. The van der Waals surface area contributed by atoms with Crippen molar-refractivity contribution in [2.75, 3.05) is 0 Å². The predicted octanol–water partition coefficient (Wildman–Crippen LogP) is 2.81. The van der Waals surface area contributed by atoms with Gasteiger partial charge in [0.15, 0.2) is 0 Å². The van der Waals surface area contributed by atoms with E-state index < -0.39 is 0 Å². The number of aryl methyl sites for hydroxylation is 1. The average molecular weight is 183 g/mol. The van der Waals surface area contributed by atoms with Gasteiger partial charge in [-0.05, 0) is 48.6 Å². The lowest BCUT2D eigenvalue weighted by atomic mass is 10.1. The van der Waals surface area contributed by atoms with Gasteiger partial charge in [-0.15, -0.1) is 0 Å². The summed E-state index contributed by atoms with van der Waals surface area (Å²) in [4.78, 5) is 0. The van der Waals surface area contributed by atoms with Gasteiger partial charge in [0.2, 0.25) is 0 Å². The highest BCUT2D eigenvalue weighted by Crippen LogP contribution is 2.10. The minimum Gasteiger partial charge on any atom is -0.328 e. The Bertz CT molecular complexity index is 192. The van der Waals surface area contributed by atoms with Crippen LogP contribution >= 0.6 is 11.3 Å². The van der Waals surface area contributed by atoms with Crippen molar-refractivity contribution in [1.29, 1.82) is 0 Å². The summed E-state index contributed by atoms with van der Waals surface area (Å²) in [6.45, 7) is 2.07. The highest BCUT2D eigenvalue weighted by atomic mass is 32.1. The van der Waals surface area contributed by atoms with E-state index in [1.165, 1.54) is 24.8 Å². The van der Waals surface area contributed by atoms with Crippen LogP contribution in [0.3, 0.4) is 0 Å². The van der Waals surface area contributed by atoms with Crippen LogP contribution in [0.5, 0.6) is 0 Å². The first kappa shape index (κ1) is 9.75. The van der Waals surface area contributed by atoms with Gasteiger partial charge in [0.1, 0.15) is 0 Å². The number of rotatable bonds is 5. The molecule has 0 saturated carbocycles. The standard InChI is InChI=1S/C10H17NS/c1-9(11)4-2-3-5-10-6-7-12-8-10/h6-9H,2-5,11H2,1H3/t9-/m0/s1. The molecule has 0 aliphatic rings. The molecule has 0 amide bonds. The van der Waals surface area contributed by atoms with E-state index in [2.05, 4.69) is 23.8 Å². The molecule has 0 radical (unpaired) electrons. The Kier molecular flexibility index (Phi) is 4.33. The van der Waals surface area contributed by atoms with Crippen molar-refractivity contribution in [2.45, 2.75) is 38.6 Å². The predicted molar refractivity (Wildman–Crippen MR) is 55.5 cm³/mol. The maximum Gasteiger partial charge on any atom is 0.00104 e. The van der Waals surface area contributed by atoms with Crippen LogP contribution in [0.25, 0.3) is 0 Å². The van der Waals surface area contributed by atoms with Crippen molar-refractivity contribution in [1.82, 2.24) is 0 Å². The van der Waals surface area contributed by atoms with Crippen LogP contribution < -0.4 is 5.73 Å². The highest BCUT2D eigenvalue weighted by Gasteiger charge is 1.95. The Labute approximate surface area is 78.6 Å². The van der Waals surface area contributed by atoms with Crippen LogP contribution in [-0.2, 0) is 6.42 Å². The van der Waals surface area contributed by atoms with E-state index in [9.17, 15) is 0 Å². The van der Waals surface area contributed by atoms with Crippen molar-refractivity contribution in [2.24, 2.45) is 5.73 Å². The first-order valence-corrected chi connectivity index (χ1v) is 5.50. The average Bonchev–Trinajstić information content (AvgIpc) is 2.49. The first-order valence-electron chi connectivity index (χ1n) is 4.55. The maximum atomic E-state index is 5.65. The fourth-order valence-corrected chi connectivity index (χ4v) is 1.93. The third-order valence-corrected chi connectivity index (χ3v) is 2.69. The molecule has 1 nitrogen and oxygen atoms in total. The quantitative estimate of drug-likeness (QED) is 0.698. The van der Waals surface area contributed by atoms with Gasteiger partial charge in [-0.25, -0.2) is 0 Å². The lowest BCUT2D eigenvalue weighted by Gasteiger charge is -2.03. The van der Waals surface area contributed by atoms with E-state index in [4.69, 9.17) is 5.73 Å². The summed E-state index contributed by atoms with van der Waals surface area (Å²) in [6, 6.07) is 2.57. The van der Waals surface area contributed by atoms with Gasteiger partial charge in [0, 0.05) is 6.04 Å². The van der Waals surface area contributed by atoms with Gasteiger partial charge in [-0.2, -0.15) is 11.3 Å². The molecule has 0 fully saturated rings. The Morgan fingerprint density at radius 2 is 2.33 bits per heavy atom. The largest absolute Gasteiger partial charge is 0.328 e. The molecule has 1 aromatic heterocycles. The molecule has 0 aliphatic carbocycles. The second-order valence-corrected chi connectivity index (χ2v) is 4.13. The molecule has 0 aliphatic heterocycles. The molecule has 1 aromatic rings. The highest BCUT2D eigenvalue weighted by molar-refractivity contribution is 7.07. The second-order valence-electron chi connectivity index (χ2n) is 3.35. The van der Waals surface area contributed by atoms with Crippen molar-refractivity contribution in [3.05, 3.63) is 22.4 Å². The number of nitrogens with two attached hydrogens (primary N) is 1. The molecule has 0 bridgehead atoms. The fourth-order valence-electron chi connectivity index (χ4n) is 1.23. The molecule has 68 valence electrons. The molecule has 1 atom stereocenters. The van der Waals surface area contributed by atoms with Crippen LogP contribution in [0, 0.1) is 0 Å². The molecule has 2 N–H and O–H groups in total. The van der Waals surface area contributed by atoms with Crippen LogP contribution in [0.15, 0.2) is 16.8 Å². The zero-order valence-electron chi connectivity index (χ0n) is 7.62. The summed E-state index contributed by atoms with van der Waals surface area (Å²) in [7, 11) is 0. The van der Waals surface area contributed by atoms with Crippen LogP contribution in [0.4, 0.5) is 0 Å². The van der Waals surface area contributed by atoms with Gasteiger partial charge >= 0.3 is 0 Å². The van der Waals surface area contributed by atoms with Crippen molar-refractivity contribution >= 4 is 11.3 Å². The molecule has 0 saturated heterocycles. The van der Waals surface area contributed by atoms with E-state index in [0.29, 0.717) is 6.04 Å². The summed E-state index contributed by atoms with van der Waals surface area (Å²) >= 11 is 1.78. The summed E-state index contributed by atoms with van der Waals surface area (Å²) < 4.78 is 0. The normalized spacial score (nSPS) is 13.2. The fraction of sp³-hybridized carbons (Fsp3) is 0.600. The molecular formula is C10H17NS. The third-order valence-electron chi connectivity index (χ3n) is 1.96. The van der Waals surface area contributed by atoms with Crippen molar-refractivity contribution in [3.63, 3.8) is 0 Å². The Morgan fingerprint density at radius 3 is 2.92 bits per heavy atom. The molecule has 1 rings (SSSR count). The number of unbranched alkanes of at least 4 members (excludes halogenated alkanes) is 1. The van der Waals surface area contributed by atoms with Gasteiger partial charge in [-0.3, -0.25) is 0 Å². The minimum atomic E-state index is 0.368. The molecule has 0 unspecified atom stereocenters. The first-order chi connectivity index (χ1) is 5.79. The topological polar surface area (TPSA) is 26.0 Å². The zero-order chi connectivity index (χ0) is 8.81. The number of hydrogen-bond acceptors (Lipinski definition) is 2. The second kappa shape index (κ2) is 5.33. The molecule has 0 aromatic carbocycles. The van der Waals surface area contributed by atoms with Gasteiger partial charge in [0.25, 0.3) is 0 Å². The lowest BCUT2D eigenvalue weighted by molar-refractivity contribution is 0.598. The molecular weight excluding hydrogens is 166 g/mol. The summed E-state index contributed by atoms with van der Waals surface area (Å²) in [5.74, 6) is 0. The van der Waals surface area contributed by atoms with E-state index >= 15 is 0 Å². The smallest absolute Gasteiger partial charge is 0.00104 e. The zero-order valence-corrected chi connectivity index (χ0v) is 8.44. The number of hydrogen-bond donors (Lipinski definition) is 1. The molecule has 1 heterocycles. The van der Waals surface area contributed by atoms with Crippen LogP contribution in [0.2, 0.25) is 0 Å². The van der Waals surface area contributed by atoms with E-state index in [1.807, 2.05) is 0 Å². The summed E-state index contributed by atoms with van der Waals surface area (Å²) in [5, 5.41) is 4.37. The summed E-state index contributed by atoms with van der Waals surface area (Å²) in [5.41, 5.74) is 7.13. The van der Waals surface area contributed by atoms with Crippen molar-refractivity contribution in [3.8, 4) is 0 Å². The van der Waals surface area contributed by atoms with E-state index in [-0.39, 0.29) is 0 Å².